The summed E-state index contributed by atoms with van der Waals surface area (Å²) in [7, 11) is 0. The van der Waals surface area contributed by atoms with E-state index >= 15 is 0 Å². The van der Waals surface area contributed by atoms with Crippen molar-refractivity contribution in [2.24, 2.45) is 0 Å². The summed E-state index contributed by atoms with van der Waals surface area (Å²) >= 11 is 4.43. The highest BCUT2D eigenvalue weighted by molar-refractivity contribution is 7.81. The Labute approximate surface area is 110 Å². The minimum Gasteiger partial charge on any atom is -0.392 e. The molecule has 0 unspecified atom stereocenters. The smallest absolute Gasteiger partial charge is 0.105 e. The Kier molecular flexibility index (Phi) is 3.79. The van der Waals surface area contributed by atoms with Crippen molar-refractivity contribution >= 4 is 12.6 Å². The van der Waals surface area contributed by atoms with Crippen molar-refractivity contribution in [2.45, 2.75) is 69.1 Å². The lowest BCUT2D eigenvalue weighted by atomic mass is 9.95. The third-order valence-electron chi connectivity index (χ3n) is 4.21. The van der Waals surface area contributed by atoms with Crippen LogP contribution < -0.4 is 0 Å². The van der Waals surface area contributed by atoms with Gasteiger partial charge in [-0.05, 0) is 53.0 Å². The molecular formula is C13H25NO2S. The van der Waals surface area contributed by atoms with Gasteiger partial charge in [0.05, 0.1) is 12.7 Å². The van der Waals surface area contributed by atoms with E-state index in [0.717, 1.165) is 26.0 Å². The second-order valence-electron chi connectivity index (χ2n) is 6.10. The highest BCUT2D eigenvalue weighted by Gasteiger charge is 2.50. The van der Waals surface area contributed by atoms with E-state index in [-0.39, 0.29) is 16.6 Å². The van der Waals surface area contributed by atoms with Crippen molar-refractivity contribution in [3.05, 3.63) is 0 Å². The van der Waals surface area contributed by atoms with Crippen LogP contribution >= 0.6 is 12.6 Å². The number of hydrogen-bond donors (Lipinski definition) is 2. The van der Waals surface area contributed by atoms with Crippen LogP contribution in [-0.2, 0) is 4.74 Å². The molecule has 0 aromatic carbocycles. The van der Waals surface area contributed by atoms with E-state index in [1.165, 1.54) is 12.8 Å². The molecule has 2 rings (SSSR count). The molecule has 2 saturated heterocycles. The fourth-order valence-corrected chi connectivity index (χ4v) is 3.42. The number of nitrogens with zero attached hydrogens (tertiary/aromatic N) is 1. The minimum atomic E-state index is -0.369. The first kappa shape index (κ1) is 13.7. The molecule has 0 spiro atoms. The van der Waals surface area contributed by atoms with Gasteiger partial charge in [0.1, 0.15) is 4.93 Å². The Balaban J connectivity index is 2.04. The van der Waals surface area contributed by atoms with Gasteiger partial charge in [0.15, 0.2) is 0 Å². The molecule has 2 aliphatic heterocycles. The molecule has 3 nitrogen and oxygen atoms in total. The zero-order valence-corrected chi connectivity index (χ0v) is 12.0. The quantitative estimate of drug-likeness (QED) is 0.599. The van der Waals surface area contributed by atoms with Crippen LogP contribution in [0.3, 0.4) is 0 Å². The molecule has 0 saturated carbocycles. The number of hydrogen-bond acceptors (Lipinski definition) is 4. The van der Waals surface area contributed by atoms with Crippen LogP contribution in [0, 0.1) is 0 Å². The third kappa shape index (κ3) is 2.80. The van der Waals surface area contributed by atoms with Crippen molar-refractivity contribution < 1.29 is 9.84 Å². The lowest BCUT2D eigenvalue weighted by Gasteiger charge is -2.37. The van der Waals surface area contributed by atoms with E-state index in [1.807, 2.05) is 20.8 Å². The Morgan fingerprint density at radius 1 is 1.53 bits per heavy atom. The third-order valence-corrected chi connectivity index (χ3v) is 4.34. The molecule has 0 aliphatic carbocycles. The fourth-order valence-electron chi connectivity index (χ4n) is 3.36. The number of fused-ring (bicyclic) bond motifs is 1. The van der Waals surface area contributed by atoms with Crippen molar-refractivity contribution in [1.29, 1.82) is 0 Å². The average Bonchev–Trinajstić information content (AvgIpc) is 2.70. The maximum atomic E-state index is 9.84. The summed E-state index contributed by atoms with van der Waals surface area (Å²) in [5.41, 5.74) is 0.168. The normalized spacial score (nSPS) is 36.2. The summed E-state index contributed by atoms with van der Waals surface area (Å²) in [4.78, 5) is 2.11. The summed E-state index contributed by atoms with van der Waals surface area (Å²) in [5.74, 6) is 0. The van der Waals surface area contributed by atoms with Crippen LogP contribution in [0.5, 0.6) is 0 Å². The van der Waals surface area contributed by atoms with Gasteiger partial charge in [-0.1, -0.05) is 0 Å². The number of thiol groups is 1. The van der Waals surface area contributed by atoms with Gasteiger partial charge in [0.25, 0.3) is 0 Å². The van der Waals surface area contributed by atoms with Crippen LogP contribution in [0.2, 0.25) is 0 Å². The number of aliphatic hydroxyl groups excluding tert-OH is 1. The number of rotatable bonds is 4. The second-order valence-corrected chi connectivity index (χ2v) is 7.18. The van der Waals surface area contributed by atoms with Crippen LogP contribution in [-0.4, -0.2) is 45.8 Å². The van der Waals surface area contributed by atoms with Gasteiger partial charge in [-0.2, -0.15) is 0 Å². The van der Waals surface area contributed by atoms with Crippen LogP contribution in [0.1, 0.15) is 46.5 Å². The Morgan fingerprint density at radius 2 is 2.24 bits per heavy atom. The van der Waals surface area contributed by atoms with E-state index in [9.17, 15) is 5.11 Å². The molecule has 2 heterocycles. The van der Waals surface area contributed by atoms with E-state index in [4.69, 9.17) is 4.74 Å². The number of ether oxygens (including phenoxy) is 1. The summed E-state index contributed by atoms with van der Waals surface area (Å²) in [6, 6.07) is 0.323. The minimum absolute atomic E-state index is 0.168. The molecule has 0 amide bonds. The second kappa shape index (κ2) is 4.72. The summed E-state index contributed by atoms with van der Waals surface area (Å²) in [5, 5.41) is 9.84. The lowest BCUT2D eigenvalue weighted by Crippen LogP contribution is -2.49. The van der Waals surface area contributed by atoms with E-state index in [0.29, 0.717) is 6.04 Å². The molecule has 2 fully saturated rings. The molecule has 1 N–H and O–H groups in total. The van der Waals surface area contributed by atoms with Gasteiger partial charge in [-0.25, -0.2) is 0 Å². The highest BCUT2D eigenvalue weighted by atomic mass is 32.1. The molecule has 2 aliphatic rings. The molecule has 0 aromatic rings. The molecule has 17 heavy (non-hydrogen) atoms. The first-order valence-electron chi connectivity index (χ1n) is 6.65. The van der Waals surface area contributed by atoms with Gasteiger partial charge < -0.3 is 9.84 Å². The highest BCUT2D eigenvalue weighted by Crippen LogP contribution is 2.44. The molecule has 0 bridgehead atoms. The van der Waals surface area contributed by atoms with Gasteiger partial charge in [-0.15, -0.1) is 12.6 Å². The molecule has 0 aromatic heterocycles. The Morgan fingerprint density at radius 3 is 2.82 bits per heavy atom. The van der Waals surface area contributed by atoms with Gasteiger partial charge in [-0.3, -0.25) is 4.90 Å². The van der Waals surface area contributed by atoms with Gasteiger partial charge in [0.2, 0.25) is 0 Å². The predicted octanol–water partition coefficient (Wildman–Crippen LogP) is 2.05. The van der Waals surface area contributed by atoms with Crippen molar-refractivity contribution in [3.8, 4) is 0 Å². The molecule has 100 valence electrons. The first-order valence-corrected chi connectivity index (χ1v) is 7.10. The standard InChI is InChI=1S/C13H25NO2S/c1-10(15)11-5-7-13(6-4-8-14(11)13)9-16-12(2,3)17/h10-11,15,17H,4-9H2,1-3H3/t10-,11-,13-/m0/s1. The first-order chi connectivity index (χ1) is 7.84. The van der Waals surface area contributed by atoms with Crippen molar-refractivity contribution in [2.75, 3.05) is 13.2 Å². The van der Waals surface area contributed by atoms with Gasteiger partial charge in [0, 0.05) is 11.6 Å². The lowest BCUT2D eigenvalue weighted by molar-refractivity contribution is -0.0311. The Hall–Kier alpha value is 0.230. The monoisotopic (exact) mass is 259 g/mol. The maximum absolute atomic E-state index is 9.84. The summed E-state index contributed by atoms with van der Waals surface area (Å²) in [6.07, 6.45) is 4.42. The molecular weight excluding hydrogens is 234 g/mol. The van der Waals surface area contributed by atoms with E-state index in [1.54, 1.807) is 0 Å². The largest absolute Gasteiger partial charge is 0.392 e. The van der Waals surface area contributed by atoms with Crippen LogP contribution in [0.25, 0.3) is 0 Å². The van der Waals surface area contributed by atoms with E-state index < -0.39 is 0 Å². The maximum Gasteiger partial charge on any atom is 0.105 e. The number of aliphatic hydroxyl groups is 1. The van der Waals surface area contributed by atoms with Gasteiger partial charge >= 0.3 is 0 Å². The zero-order valence-electron chi connectivity index (χ0n) is 11.1. The van der Waals surface area contributed by atoms with Crippen molar-refractivity contribution in [3.63, 3.8) is 0 Å². The predicted molar refractivity (Wildman–Crippen MR) is 72.4 cm³/mol. The molecule has 4 heteroatoms. The zero-order chi connectivity index (χ0) is 12.7. The molecule has 3 atom stereocenters. The van der Waals surface area contributed by atoms with Crippen molar-refractivity contribution in [1.82, 2.24) is 4.90 Å². The van der Waals surface area contributed by atoms with Crippen LogP contribution in [0.15, 0.2) is 0 Å². The topological polar surface area (TPSA) is 32.7 Å². The fraction of sp³-hybridized carbons (Fsp3) is 1.00. The van der Waals surface area contributed by atoms with E-state index in [2.05, 4.69) is 17.5 Å². The van der Waals surface area contributed by atoms with Crippen LogP contribution in [0.4, 0.5) is 0 Å². The average molecular weight is 259 g/mol. The summed E-state index contributed by atoms with van der Waals surface area (Å²) in [6.45, 7) is 7.71. The summed E-state index contributed by atoms with van der Waals surface area (Å²) < 4.78 is 5.89. The SMILES string of the molecule is C[C@H](O)[C@@H]1CC[C@]2(COC(C)(C)S)CCCN12. The molecule has 0 radical (unpaired) electrons. The Bertz CT molecular complexity index is 277.